The first-order valence-corrected chi connectivity index (χ1v) is 7.45. The lowest BCUT2D eigenvalue weighted by Crippen LogP contribution is -2.46. The SMILES string of the molecule is CCNC(=O)C1CCCN(C(=O)Nc2cccs2)C1. The molecule has 1 aliphatic heterocycles. The van der Waals surface area contributed by atoms with E-state index in [1.54, 1.807) is 4.90 Å². The van der Waals surface area contributed by atoms with E-state index in [4.69, 9.17) is 0 Å². The van der Waals surface area contributed by atoms with Crippen LogP contribution in [0.25, 0.3) is 0 Å². The van der Waals surface area contributed by atoms with E-state index in [0.29, 0.717) is 19.6 Å². The van der Waals surface area contributed by atoms with Crippen LogP contribution in [0.15, 0.2) is 17.5 Å². The van der Waals surface area contributed by atoms with Crippen LogP contribution >= 0.6 is 11.3 Å². The van der Waals surface area contributed by atoms with Crippen molar-refractivity contribution < 1.29 is 9.59 Å². The molecule has 1 aromatic rings. The molecule has 0 radical (unpaired) electrons. The van der Waals surface area contributed by atoms with Gasteiger partial charge in [-0.25, -0.2) is 4.79 Å². The van der Waals surface area contributed by atoms with Gasteiger partial charge in [0.1, 0.15) is 0 Å². The van der Waals surface area contributed by atoms with Crippen molar-refractivity contribution in [1.82, 2.24) is 10.2 Å². The van der Waals surface area contributed by atoms with Gasteiger partial charge in [0.2, 0.25) is 5.91 Å². The second-order valence-corrected chi connectivity index (χ2v) is 5.53. The Morgan fingerprint density at radius 2 is 2.37 bits per heavy atom. The lowest BCUT2D eigenvalue weighted by atomic mass is 9.97. The van der Waals surface area contributed by atoms with E-state index in [0.717, 1.165) is 17.8 Å². The van der Waals surface area contributed by atoms with Gasteiger partial charge in [0.05, 0.1) is 10.9 Å². The maximum atomic E-state index is 12.1. The van der Waals surface area contributed by atoms with Crippen LogP contribution in [0.2, 0.25) is 0 Å². The fourth-order valence-electron chi connectivity index (χ4n) is 2.23. The second kappa shape index (κ2) is 6.56. The van der Waals surface area contributed by atoms with Gasteiger partial charge in [-0.15, -0.1) is 11.3 Å². The monoisotopic (exact) mass is 281 g/mol. The number of rotatable bonds is 3. The highest BCUT2D eigenvalue weighted by molar-refractivity contribution is 7.14. The van der Waals surface area contributed by atoms with Crippen molar-refractivity contribution in [3.05, 3.63) is 17.5 Å². The number of nitrogens with one attached hydrogen (secondary N) is 2. The topological polar surface area (TPSA) is 61.4 Å². The number of piperidine rings is 1. The van der Waals surface area contributed by atoms with E-state index in [1.807, 2.05) is 24.4 Å². The van der Waals surface area contributed by atoms with Crippen molar-refractivity contribution >= 4 is 28.3 Å². The number of hydrogen-bond donors (Lipinski definition) is 2. The van der Waals surface area contributed by atoms with Crippen molar-refractivity contribution in [3.8, 4) is 0 Å². The van der Waals surface area contributed by atoms with Gasteiger partial charge >= 0.3 is 6.03 Å². The lowest BCUT2D eigenvalue weighted by Gasteiger charge is -2.31. The summed E-state index contributed by atoms with van der Waals surface area (Å²) in [6, 6.07) is 3.65. The summed E-state index contributed by atoms with van der Waals surface area (Å²) in [4.78, 5) is 25.6. The van der Waals surface area contributed by atoms with Crippen molar-refractivity contribution in [3.63, 3.8) is 0 Å². The molecule has 2 rings (SSSR count). The first-order valence-electron chi connectivity index (χ1n) is 6.58. The highest BCUT2D eigenvalue weighted by atomic mass is 32.1. The minimum absolute atomic E-state index is 0.0520. The number of urea groups is 1. The number of amides is 3. The predicted molar refractivity (Wildman–Crippen MR) is 76.3 cm³/mol. The fourth-order valence-corrected chi connectivity index (χ4v) is 2.84. The third-order valence-corrected chi connectivity index (χ3v) is 3.97. The van der Waals surface area contributed by atoms with Crippen molar-refractivity contribution in [2.45, 2.75) is 19.8 Å². The smallest absolute Gasteiger partial charge is 0.322 e. The number of nitrogens with zero attached hydrogens (tertiary/aromatic N) is 1. The lowest BCUT2D eigenvalue weighted by molar-refractivity contribution is -0.126. The first kappa shape index (κ1) is 13.9. The zero-order chi connectivity index (χ0) is 13.7. The number of thiophene rings is 1. The Bertz CT molecular complexity index is 433. The van der Waals surface area contributed by atoms with Crippen LogP contribution in [0.4, 0.5) is 9.80 Å². The molecule has 0 aliphatic carbocycles. The number of carbonyl (C=O) groups is 2. The van der Waals surface area contributed by atoms with Crippen LogP contribution in [0.1, 0.15) is 19.8 Å². The van der Waals surface area contributed by atoms with E-state index >= 15 is 0 Å². The molecule has 1 unspecified atom stereocenters. The van der Waals surface area contributed by atoms with Gasteiger partial charge in [0.25, 0.3) is 0 Å². The Kier molecular flexibility index (Phi) is 4.79. The molecule has 2 N–H and O–H groups in total. The molecule has 5 nitrogen and oxygen atoms in total. The van der Waals surface area contributed by atoms with E-state index in [-0.39, 0.29) is 17.9 Å². The van der Waals surface area contributed by atoms with Crippen molar-refractivity contribution in [2.75, 3.05) is 25.0 Å². The number of anilines is 1. The fraction of sp³-hybridized carbons (Fsp3) is 0.538. The van der Waals surface area contributed by atoms with Crippen molar-refractivity contribution in [1.29, 1.82) is 0 Å². The summed E-state index contributed by atoms with van der Waals surface area (Å²) in [5.74, 6) is -0.0288. The Labute approximate surface area is 117 Å². The molecule has 1 fully saturated rings. The Morgan fingerprint density at radius 3 is 3.05 bits per heavy atom. The average molecular weight is 281 g/mol. The van der Waals surface area contributed by atoms with Crippen LogP contribution in [0.3, 0.4) is 0 Å². The summed E-state index contributed by atoms with van der Waals surface area (Å²) < 4.78 is 0. The van der Waals surface area contributed by atoms with Crippen LogP contribution in [-0.2, 0) is 4.79 Å². The summed E-state index contributed by atoms with van der Waals surface area (Å²) in [7, 11) is 0. The molecule has 1 aliphatic rings. The van der Waals surface area contributed by atoms with E-state index in [2.05, 4.69) is 10.6 Å². The summed E-state index contributed by atoms with van der Waals surface area (Å²) in [6.45, 7) is 3.76. The Hall–Kier alpha value is -1.56. The number of likely N-dealkylation sites (tertiary alicyclic amines) is 1. The maximum Gasteiger partial charge on any atom is 0.322 e. The molecule has 0 aromatic carbocycles. The average Bonchev–Trinajstić information content (AvgIpc) is 2.92. The molecule has 2 heterocycles. The van der Waals surface area contributed by atoms with Gasteiger partial charge in [-0.3, -0.25) is 10.1 Å². The largest absolute Gasteiger partial charge is 0.356 e. The molecular formula is C13H19N3O2S. The quantitative estimate of drug-likeness (QED) is 0.891. The van der Waals surface area contributed by atoms with Crippen LogP contribution < -0.4 is 10.6 Å². The van der Waals surface area contributed by atoms with Gasteiger partial charge in [0, 0.05) is 19.6 Å². The van der Waals surface area contributed by atoms with Gasteiger partial charge in [-0.2, -0.15) is 0 Å². The molecule has 6 heteroatoms. The van der Waals surface area contributed by atoms with E-state index < -0.39 is 0 Å². The Morgan fingerprint density at radius 1 is 1.53 bits per heavy atom. The minimum Gasteiger partial charge on any atom is -0.356 e. The summed E-state index contributed by atoms with van der Waals surface area (Å²) in [6.07, 6.45) is 1.73. The second-order valence-electron chi connectivity index (χ2n) is 4.59. The highest BCUT2D eigenvalue weighted by Gasteiger charge is 2.28. The van der Waals surface area contributed by atoms with Crippen LogP contribution in [-0.4, -0.2) is 36.5 Å². The molecule has 1 saturated heterocycles. The zero-order valence-electron chi connectivity index (χ0n) is 11.0. The van der Waals surface area contributed by atoms with E-state index in [9.17, 15) is 9.59 Å². The maximum absolute atomic E-state index is 12.1. The number of carbonyl (C=O) groups excluding carboxylic acids is 2. The molecule has 0 bridgehead atoms. The minimum atomic E-state index is -0.114. The third-order valence-electron chi connectivity index (χ3n) is 3.18. The molecule has 1 atom stereocenters. The normalized spacial score (nSPS) is 19.0. The summed E-state index contributed by atoms with van der Waals surface area (Å²) >= 11 is 1.49. The van der Waals surface area contributed by atoms with E-state index in [1.165, 1.54) is 11.3 Å². The van der Waals surface area contributed by atoms with Crippen molar-refractivity contribution in [2.24, 2.45) is 5.92 Å². The number of hydrogen-bond acceptors (Lipinski definition) is 3. The predicted octanol–water partition coefficient (Wildman–Crippen LogP) is 2.13. The summed E-state index contributed by atoms with van der Waals surface area (Å²) in [5, 5.41) is 8.44. The molecule has 3 amide bonds. The zero-order valence-corrected chi connectivity index (χ0v) is 11.8. The van der Waals surface area contributed by atoms with Gasteiger partial charge < -0.3 is 10.2 Å². The van der Waals surface area contributed by atoms with Crippen LogP contribution in [0.5, 0.6) is 0 Å². The molecular weight excluding hydrogens is 262 g/mol. The molecule has 19 heavy (non-hydrogen) atoms. The molecule has 0 saturated carbocycles. The molecule has 0 spiro atoms. The van der Waals surface area contributed by atoms with Gasteiger partial charge in [-0.1, -0.05) is 0 Å². The Balaban J connectivity index is 1.89. The third kappa shape index (κ3) is 3.70. The van der Waals surface area contributed by atoms with Gasteiger partial charge in [-0.05, 0) is 37.3 Å². The van der Waals surface area contributed by atoms with Crippen LogP contribution in [0, 0.1) is 5.92 Å². The standard InChI is InChI=1S/C13H19N3O2S/c1-2-14-12(17)10-5-3-7-16(9-10)13(18)15-11-6-4-8-19-11/h4,6,8,10H,2-3,5,7,9H2,1H3,(H,14,17)(H,15,18). The first-order chi connectivity index (χ1) is 9.20. The highest BCUT2D eigenvalue weighted by Crippen LogP contribution is 2.20. The molecule has 104 valence electrons. The molecule has 1 aromatic heterocycles. The van der Waals surface area contributed by atoms with Gasteiger partial charge in [0.15, 0.2) is 0 Å². The summed E-state index contributed by atoms with van der Waals surface area (Å²) in [5.41, 5.74) is 0.